The molecule has 3 rings (SSSR count). The molecule has 2 unspecified atom stereocenters. The van der Waals surface area contributed by atoms with E-state index in [0.29, 0.717) is 12.2 Å². The van der Waals surface area contributed by atoms with Crippen molar-refractivity contribution >= 4 is 21.6 Å². The molecule has 80 valence electrons. The van der Waals surface area contributed by atoms with E-state index in [4.69, 9.17) is 4.74 Å². The molecule has 2 bridgehead atoms. The molecule has 3 nitrogen and oxygen atoms in total. The van der Waals surface area contributed by atoms with Crippen molar-refractivity contribution in [3.05, 3.63) is 22.9 Å². The zero-order valence-electron chi connectivity index (χ0n) is 8.40. The van der Waals surface area contributed by atoms with Crippen LogP contribution in [0.1, 0.15) is 12.8 Å². The molecule has 0 aliphatic carbocycles. The number of anilines is 1. The summed E-state index contributed by atoms with van der Waals surface area (Å²) in [5.74, 6) is 0. The molecule has 3 heterocycles. The molecule has 0 spiro atoms. The highest BCUT2D eigenvalue weighted by Gasteiger charge is 2.34. The summed E-state index contributed by atoms with van der Waals surface area (Å²) in [7, 11) is 0. The molecule has 0 aromatic carbocycles. The summed E-state index contributed by atoms with van der Waals surface area (Å²) in [6, 6.07) is 2.06. The van der Waals surface area contributed by atoms with Crippen molar-refractivity contribution in [3.8, 4) is 0 Å². The molecule has 4 heteroatoms. The Morgan fingerprint density at radius 2 is 2.07 bits per heavy atom. The molecule has 15 heavy (non-hydrogen) atoms. The highest BCUT2D eigenvalue weighted by atomic mass is 79.9. The first-order valence-corrected chi connectivity index (χ1v) is 6.12. The largest absolute Gasteiger partial charge is 0.371 e. The van der Waals surface area contributed by atoms with Crippen LogP contribution in [0.25, 0.3) is 0 Å². The number of halogens is 1. The summed E-state index contributed by atoms with van der Waals surface area (Å²) in [5.41, 5.74) is 1.24. The smallest absolute Gasteiger partial charge is 0.0755 e. The Morgan fingerprint density at radius 3 is 2.73 bits per heavy atom. The minimum atomic E-state index is 0.434. The van der Waals surface area contributed by atoms with Crippen LogP contribution in [-0.4, -0.2) is 30.3 Å². The maximum absolute atomic E-state index is 5.82. The first kappa shape index (κ1) is 9.60. The van der Waals surface area contributed by atoms with Crippen molar-refractivity contribution in [1.82, 2.24) is 4.98 Å². The molecular formula is C11H13BrN2O. The molecule has 2 atom stereocenters. The minimum Gasteiger partial charge on any atom is -0.371 e. The van der Waals surface area contributed by atoms with Crippen LogP contribution < -0.4 is 4.90 Å². The average molecular weight is 269 g/mol. The monoisotopic (exact) mass is 268 g/mol. The average Bonchev–Trinajstić information content (AvgIpc) is 2.58. The van der Waals surface area contributed by atoms with Gasteiger partial charge in [0, 0.05) is 25.5 Å². The van der Waals surface area contributed by atoms with Crippen LogP contribution in [0.2, 0.25) is 0 Å². The van der Waals surface area contributed by atoms with E-state index in [0.717, 1.165) is 17.6 Å². The lowest BCUT2D eigenvalue weighted by molar-refractivity contribution is 0.0304. The number of fused-ring (bicyclic) bond motifs is 2. The zero-order valence-corrected chi connectivity index (χ0v) is 9.98. The first-order chi connectivity index (χ1) is 7.33. The second-order valence-corrected chi connectivity index (χ2v) is 5.04. The number of hydrogen-bond donors (Lipinski definition) is 0. The molecular weight excluding hydrogens is 256 g/mol. The third-order valence-electron chi connectivity index (χ3n) is 3.14. The number of aromatic nitrogens is 1. The van der Waals surface area contributed by atoms with E-state index in [-0.39, 0.29) is 0 Å². The molecule has 2 fully saturated rings. The molecule has 0 amide bonds. The molecule has 1 aromatic rings. The van der Waals surface area contributed by atoms with Crippen molar-refractivity contribution in [2.45, 2.75) is 25.0 Å². The van der Waals surface area contributed by atoms with Crippen LogP contribution in [0.4, 0.5) is 5.69 Å². The summed E-state index contributed by atoms with van der Waals surface area (Å²) < 4.78 is 6.89. The van der Waals surface area contributed by atoms with Gasteiger partial charge in [0.1, 0.15) is 0 Å². The van der Waals surface area contributed by atoms with Gasteiger partial charge in [-0.2, -0.15) is 0 Å². The zero-order chi connectivity index (χ0) is 10.3. The summed E-state index contributed by atoms with van der Waals surface area (Å²) in [4.78, 5) is 6.49. The fraction of sp³-hybridized carbons (Fsp3) is 0.545. The van der Waals surface area contributed by atoms with Crippen LogP contribution in [0.3, 0.4) is 0 Å². The van der Waals surface area contributed by atoms with Gasteiger partial charge in [-0.05, 0) is 34.8 Å². The lowest BCUT2D eigenvalue weighted by Gasteiger charge is -2.34. The summed E-state index contributed by atoms with van der Waals surface area (Å²) in [5, 5.41) is 0. The molecule has 1 aromatic heterocycles. The van der Waals surface area contributed by atoms with Gasteiger partial charge in [-0.25, -0.2) is 0 Å². The van der Waals surface area contributed by atoms with Gasteiger partial charge < -0.3 is 9.64 Å². The van der Waals surface area contributed by atoms with E-state index in [1.807, 2.05) is 12.4 Å². The third-order valence-corrected chi connectivity index (χ3v) is 3.75. The molecule has 0 N–H and O–H groups in total. The maximum Gasteiger partial charge on any atom is 0.0755 e. The lowest BCUT2D eigenvalue weighted by Crippen LogP contribution is -2.42. The summed E-state index contributed by atoms with van der Waals surface area (Å²) >= 11 is 3.55. The Morgan fingerprint density at radius 1 is 1.33 bits per heavy atom. The number of nitrogens with zero attached hydrogens (tertiary/aromatic N) is 2. The fourth-order valence-corrected chi connectivity index (χ4v) is 2.94. The van der Waals surface area contributed by atoms with E-state index in [1.54, 1.807) is 0 Å². The van der Waals surface area contributed by atoms with Gasteiger partial charge in [0.25, 0.3) is 0 Å². The van der Waals surface area contributed by atoms with Gasteiger partial charge in [-0.3, -0.25) is 4.98 Å². The van der Waals surface area contributed by atoms with Crippen LogP contribution >= 0.6 is 15.9 Å². The first-order valence-electron chi connectivity index (χ1n) is 5.33. The maximum atomic E-state index is 5.82. The quantitative estimate of drug-likeness (QED) is 0.781. The SMILES string of the molecule is Brc1cnccc1N1CC2CCC(C1)O2. The topological polar surface area (TPSA) is 25.4 Å². The van der Waals surface area contributed by atoms with Gasteiger partial charge in [-0.15, -0.1) is 0 Å². The van der Waals surface area contributed by atoms with Gasteiger partial charge in [-0.1, -0.05) is 0 Å². The number of morpholine rings is 1. The molecule has 2 aliphatic heterocycles. The van der Waals surface area contributed by atoms with Crippen LogP contribution in [-0.2, 0) is 4.74 Å². The standard InChI is InChI=1S/C11H13BrN2O/c12-10-5-13-4-3-11(10)14-6-8-1-2-9(7-14)15-8/h3-5,8-9H,1-2,6-7H2. The second-order valence-electron chi connectivity index (χ2n) is 4.19. The van der Waals surface area contributed by atoms with E-state index >= 15 is 0 Å². The van der Waals surface area contributed by atoms with Crippen molar-refractivity contribution in [2.75, 3.05) is 18.0 Å². The summed E-state index contributed by atoms with van der Waals surface area (Å²) in [6.07, 6.45) is 6.99. The molecule has 2 saturated heterocycles. The number of rotatable bonds is 1. The van der Waals surface area contributed by atoms with Gasteiger partial charge >= 0.3 is 0 Å². The normalized spacial score (nSPS) is 29.5. The lowest BCUT2D eigenvalue weighted by atomic mass is 10.2. The van der Waals surface area contributed by atoms with Crippen molar-refractivity contribution in [1.29, 1.82) is 0 Å². The van der Waals surface area contributed by atoms with Crippen molar-refractivity contribution < 1.29 is 4.74 Å². The van der Waals surface area contributed by atoms with Crippen molar-refractivity contribution in [2.24, 2.45) is 0 Å². The van der Waals surface area contributed by atoms with Gasteiger partial charge in [0.05, 0.1) is 22.4 Å². The minimum absolute atomic E-state index is 0.434. The highest BCUT2D eigenvalue weighted by Crippen LogP contribution is 2.32. The van der Waals surface area contributed by atoms with Crippen LogP contribution in [0, 0.1) is 0 Å². The fourth-order valence-electron chi connectivity index (χ4n) is 2.44. The van der Waals surface area contributed by atoms with Crippen LogP contribution in [0.15, 0.2) is 22.9 Å². The molecule has 2 aliphatic rings. The van der Waals surface area contributed by atoms with Gasteiger partial charge in [0.15, 0.2) is 0 Å². The Kier molecular flexibility index (Phi) is 2.41. The van der Waals surface area contributed by atoms with E-state index < -0.39 is 0 Å². The Balaban J connectivity index is 1.86. The van der Waals surface area contributed by atoms with E-state index in [1.165, 1.54) is 18.5 Å². The Hall–Kier alpha value is -0.610. The number of hydrogen-bond acceptors (Lipinski definition) is 3. The second kappa shape index (κ2) is 3.76. The third kappa shape index (κ3) is 1.76. The molecule has 0 radical (unpaired) electrons. The predicted molar refractivity (Wildman–Crippen MR) is 62.0 cm³/mol. The summed E-state index contributed by atoms with van der Waals surface area (Å²) in [6.45, 7) is 2.03. The van der Waals surface area contributed by atoms with E-state index in [9.17, 15) is 0 Å². The highest BCUT2D eigenvalue weighted by molar-refractivity contribution is 9.10. The van der Waals surface area contributed by atoms with E-state index in [2.05, 4.69) is 31.9 Å². The van der Waals surface area contributed by atoms with Gasteiger partial charge in [0.2, 0.25) is 0 Å². The Bertz CT molecular complexity index is 359. The van der Waals surface area contributed by atoms with Crippen molar-refractivity contribution in [3.63, 3.8) is 0 Å². The predicted octanol–water partition coefficient (Wildman–Crippen LogP) is 2.21. The molecule has 0 saturated carbocycles. The number of pyridine rings is 1. The number of ether oxygens (including phenoxy) is 1. The van der Waals surface area contributed by atoms with Crippen LogP contribution in [0.5, 0.6) is 0 Å². The Labute approximate surface area is 97.6 Å².